The first-order chi connectivity index (χ1) is 8.31. The minimum Gasteiger partial charge on any atom is -0.466 e. The van der Waals surface area contributed by atoms with E-state index in [2.05, 4.69) is 17.1 Å². The molecule has 0 aliphatic heterocycles. The molecule has 1 aromatic heterocycles. The summed E-state index contributed by atoms with van der Waals surface area (Å²) in [5.41, 5.74) is 2.42. The first-order valence-corrected chi connectivity index (χ1v) is 6.02. The van der Waals surface area contributed by atoms with Crippen molar-refractivity contribution in [1.29, 1.82) is 0 Å². The fourth-order valence-electron chi connectivity index (χ4n) is 1.99. The third-order valence-corrected chi connectivity index (χ3v) is 2.81. The Bertz CT molecular complexity index is 511. The Morgan fingerprint density at radius 2 is 2.00 bits per heavy atom. The first kappa shape index (κ1) is 17.8. The van der Waals surface area contributed by atoms with E-state index in [1.54, 1.807) is 0 Å². The van der Waals surface area contributed by atoms with Crippen LogP contribution in [0, 0.1) is 0 Å². The van der Waals surface area contributed by atoms with E-state index in [1.807, 2.05) is 25.3 Å². The van der Waals surface area contributed by atoms with Crippen molar-refractivity contribution in [3.05, 3.63) is 36.0 Å². The largest absolute Gasteiger partial charge is 0.466 e. The molecular weight excluding hydrogens is 285 g/mol. The molecule has 0 aliphatic carbocycles. The smallest absolute Gasteiger partial charge is 0.305 e. The van der Waals surface area contributed by atoms with Crippen LogP contribution in [0.3, 0.4) is 0 Å². The Balaban J connectivity index is 0.00000162. The number of hydrogen-bond acceptors (Lipinski definition) is 2. The molecule has 5 heteroatoms. The van der Waals surface area contributed by atoms with E-state index in [-0.39, 0.29) is 30.8 Å². The molecule has 1 heterocycles. The molecule has 0 aliphatic rings. The van der Waals surface area contributed by atoms with Gasteiger partial charge in [0.2, 0.25) is 0 Å². The fraction of sp³-hybridized carbons (Fsp3) is 0.357. The zero-order valence-electron chi connectivity index (χ0n) is 10.8. The number of benzene rings is 1. The van der Waals surface area contributed by atoms with Crippen LogP contribution in [0.1, 0.15) is 25.3 Å². The van der Waals surface area contributed by atoms with Gasteiger partial charge >= 0.3 is 5.97 Å². The third-order valence-electron chi connectivity index (χ3n) is 2.81. The minimum atomic E-state index is -0.104. The predicted molar refractivity (Wildman–Crippen MR) is 82.4 cm³/mol. The van der Waals surface area contributed by atoms with Crippen molar-refractivity contribution in [3.8, 4) is 0 Å². The maximum Gasteiger partial charge on any atom is 0.305 e. The number of ether oxygens (including phenoxy) is 1. The number of para-hydroxylation sites is 1. The molecule has 0 saturated heterocycles. The molecule has 0 atom stereocenters. The quantitative estimate of drug-likeness (QED) is 0.851. The molecule has 1 N–H and O–H groups in total. The zero-order chi connectivity index (χ0) is 12.1. The molecule has 106 valence electrons. The minimum absolute atomic E-state index is 0. The number of fused-ring (bicyclic) bond motifs is 1. The van der Waals surface area contributed by atoms with E-state index in [9.17, 15) is 4.79 Å². The van der Waals surface area contributed by atoms with Gasteiger partial charge in [0.1, 0.15) is 0 Å². The fourth-order valence-corrected chi connectivity index (χ4v) is 1.99. The second-order valence-electron chi connectivity index (χ2n) is 4.02. The maximum atomic E-state index is 11.2. The molecule has 0 fully saturated rings. The van der Waals surface area contributed by atoms with Crippen molar-refractivity contribution in [2.45, 2.75) is 26.2 Å². The van der Waals surface area contributed by atoms with Crippen molar-refractivity contribution in [1.82, 2.24) is 4.98 Å². The summed E-state index contributed by atoms with van der Waals surface area (Å²) in [5.74, 6) is -0.104. The molecule has 0 spiro atoms. The van der Waals surface area contributed by atoms with Crippen LogP contribution in [-0.2, 0) is 16.0 Å². The van der Waals surface area contributed by atoms with Gasteiger partial charge in [-0.15, -0.1) is 24.8 Å². The molecule has 0 saturated carbocycles. The SMILES string of the molecule is CCOC(=O)CCCc1c[nH]c2ccccc12.Cl.Cl. The van der Waals surface area contributed by atoms with E-state index < -0.39 is 0 Å². The van der Waals surface area contributed by atoms with Crippen LogP contribution in [0.15, 0.2) is 30.5 Å². The average Bonchev–Trinajstić information content (AvgIpc) is 2.73. The number of halogens is 2. The number of carbonyl (C=O) groups is 1. The third kappa shape index (κ3) is 4.77. The monoisotopic (exact) mass is 303 g/mol. The van der Waals surface area contributed by atoms with E-state index in [0.717, 1.165) is 18.4 Å². The molecule has 0 unspecified atom stereocenters. The van der Waals surface area contributed by atoms with Gasteiger partial charge in [-0.25, -0.2) is 0 Å². The second-order valence-corrected chi connectivity index (χ2v) is 4.02. The van der Waals surface area contributed by atoms with Crippen molar-refractivity contribution in [2.24, 2.45) is 0 Å². The Hall–Kier alpha value is -1.19. The summed E-state index contributed by atoms with van der Waals surface area (Å²) >= 11 is 0. The lowest BCUT2D eigenvalue weighted by Crippen LogP contribution is -2.03. The summed E-state index contributed by atoms with van der Waals surface area (Å²) in [7, 11) is 0. The number of H-pyrrole nitrogens is 1. The van der Waals surface area contributed by atoms with Crippen LogP contribution in [0.2, 0.25) is 0 Å². The highest BCUT2D eigenvalue weighted by atomic mass is 35.5. The van der Waals surface area contributed by atoms with Gasteiger partial charge in [0.05, 0.1) is 6.61 Å². The highest BCUT2D eigenvalue weighted by Crippen LogP contribution is 2.19. The molecule has 3 nitrogen and oxygen atoms in total. The molecule has 2 aromatic rings. The average molecular weight is 304 g/mol. The standard InChI is InChI=1S/C14H17NO2.2ClH/c1-2-17-14(16)9-5-6-11-10-15-13-8-4-3-7-12(11)13;;/h3-4,7-8,10,15H,2,5-6,9H2,1H3;2*1H. The molecule has 0 amide bonds. The summed E-state index contributed by atoms with van der Waals surface area (Å²) in [6, 6.07) is 8.21. The Kier molecular flexibility index (Phi) is 8.28. The maximum absolute atomic E-state index is 11.2. The van der Waals surface area contributed by atoms with E-state index in [4.69, 9.17) is 4.74 Å². The van der Waals surface area contributed by atoms with Gasteiger partial charge < -0.3 is 9.72 Å². The van der Waals surface area contributed by atoms with Gasteiger partial charge in [-0.1, -0.05) is 18.2 Å². The summed E-state index contributed by atoms with van der Waals surface area (Å²) in [6.07, 6.45) is 4.26. The zero-order valence-corrected chi connectivity index (χ0v) is 12.5. The highest BCUT2D eigenvalue weighted by molar-refractivity contribution is 5.85. The molecule has 1 aromatic carbocycles. The highest BCUT2D eigenvalue weighted by Gasteiger charge is 2.05. The van der Waals surface area contributed by atoms with Gasteiger partial charge in [-0.2, -0.15) is 0 Å². The van der Waals surface area contributed by atoms with E-state index >= 15 is 0 Å². The number of aryl methyl sites for hydroxylation is 1. The van der Waals surface area contributed by atoms with Gasteiger partial charge in [-0.3, -0.25) is 4.79 Å². The Morgan fingerprint density at radius 1 is 1.26 bits per heavy atom. The van der Waals surface area contributed by atoms with E-state index in [0.29, 0.717) is 13.0 Å². The predicted octanol–water partition coefficient (Wildman–Crippen LogP) is 3.90. The van der Waals surface area contributed by atoms with Gasteiger partial charge in [0.25, 0.3) is 0 Å². The van der Waals surface area contributed by atoms with Crippen LogP contribution in [0.25, 0.3) is 10.9 Å². The summed E-state index contributed by atoms with van der Waals surface area (Å²) in [6.45, 7) is 2.30. The Morgan fingerprint density at radius 3 is 2.74 bits per heavy atom. The van der Waals surface area contributed by atoms with E-state index in [1.165, 1.54) is 10.9 Å². The number of esters is 1. The van der Waals surface area contributed by atoms with Crippen molar-refractivity contribution in [2.75, 3.05) is 6.61 Å². The van der Waals surface area contributed by atoms with Crippen LogP contribution >= 0.6 is 24.8 Å². The first-order valence-electron chi connectivity index (χ1n) is 6.02. The number of rotatable bonds is 5. The number of aromatic nitrogens is 1. The second kappa shape index (κ2) is 8.83. The summed E-state index contributed by atoms with van der Waals surface area (Å²) in [5, 5.41) is 1.25. The van der Waals surface area contributed by atoms with Crippen LogP contribution in [0.4, 0.5) is 0 Å². The number of carbonyl (C=O) groups excluding carboxylic acids is 1. The molecule has 19 heavy (non-hydrogen) atoms. The Labute approximate surface area is 125 Å². The van der Waals surface area contributed by atoms with Crippen molar-refractivity contribution >= 4 is 41.7 Å². The lowest BCUT2D eigenvalue weighted by atomic mass is 10.1. The number of hydrogen-bond donors (Lipinski definition) is 1. The summed E-state index contributed by atoms with van der Waals surface area (Å²) in [4.78, 5) is 14.4. The normalized spacial score (nSPS) is 9.53. The molecule has 0 radical (unpaired) electrons. The van der Waals surface area contributed by atoms with Gasteiger partial charge in [0.15, 0.2) is 0 Å². The molecular formula is C14H19Cl2NO2. The lowest BCUT2D eigenvalue weighted by molar-refractivity contribution is -0.143. The molecule has 0 bridgehead atoms. The number of nitrogens with one attached hydrogen (secondary N) is 1. The van der Waals surface area contributed by atoms with Gasteiger partial charge in [-0.05, 0) is 31.4 Å². The topological polar surface area (TPSA) is 42.1 Å². The molecule has 2 rings (SSSR count). The van der Waals surface area contributed by atoms with Crippen molar-refractivity contribution < 1.29 is 9.53 Å². The van der Waals surface area contributed by atoms with Gasteiger partial charge in [0, 0.05) is 23.5 Å². The number of aromatic amines is 1. The van der Waals surface area contributed by atoms with Crippen LogP contribution in [-0.4, -0.2) is 17.6 Å². The lowest BCUT2D eigenvalue weighted by Gasteiger charge is -2.01. The van der Waals surface area contributed by atoms with Crippen LogP contribution < -0.4 is 0 Å². The van der Waals surface area contributed by atoms with Crippen molar-refractivity contribution in [3.63, 3.8) is 0 Å². The van der Waals surface area contributed by atoms with Crippen LogP contribution in [0.5, 0.6) is 0 Å². The summed E-state index contributed by atoms with van der Waals surface area (Å²) < 4.78 is 4.90.